The normalized spacial score (nSPS) is 11.1. The summed E-state index contributed by atoms with van der Waals surface area (Å²) in [5, 5.41) is 10.8. The number of amides is 5. The number of hydrogen-bond donors (Lipinski definition) is 6. The van der Waals surface area contributed by atoms with Gasteiger partial charge in [-0.1, -0.05) is 47.6 Å². The van der Waals surface area contributed by atoms with Crippen molar-refractivity contribution < 1.29 is 33.5 Å². The molecule has 39 heavy (non-hydrogen) atoms. The Morgan fingerprint density at radius 2 is 1.67 bits per heavy atom. The molecule has 1 rings (SSSR count). The molecule has 0 aliphatic heterocycles. The van der Waals surface area contributed by atoms with E-state index in [0.717, 1.165) is 6.42 Å². The van der Waals surface area contributed by atoms with Crippen LogP contribution in [0.25, 0.3) is 0 Å². The van der Waals surface area contributed by atoms with E-state index in [1.807, 2.05) is 27.7 Å². The summed E-state index contributed by atoms with van der Waals surface area (Å²) >= 11 is 0. The quantitative estimate of drug-likeness (QED) is 0.147. The van der Waals surface area contributed by atoms with Crippen LogP contribution in [0.4, 0.5) is 10.5 Å². The first kappa shape index (κ1) is 35.3. The molecule has 0 saturated carbocycles. The molecule has 0 saturated heterocycles. The van der Waals surface area contributed by atoms with Gasteiger partial charge in [0.2, 0.25) is 11.8 Å². The third kappa shape index (κ3) is 14.7. The Balaban J connectivity index is 0.00000181. The van der Waals surface area contributed by atoms with E-state index in [-0.39, 0.29) is 36.5 Å². The number of primary amides is 1. The number of hydrogen-bond acceptors (Lipinski definition) is 8. The lowest BCUT2D eigenvalue weighted by molar-refractivity contribution is -0.148. The zero-order valence-corrected chi connectivity index (χ0v) is 23.9. The van der Waals surface area contributed by atoms with E-state index in [2.05, 4.69) is 31.6 Å². The number of benzene rings is 1. The monoisotopic (exact) mass is 552 g/mol. The molecule has 13 heteroatoms. The van der Waals surface area contributed by atoms with Gasteiger partial charge in [0, 0.05) is 17.8 Å². The maximum Gasteiger partial charge on any atom is 0.312 e. The minimum absolute atomic E-state index is 0.0669. The van der Waals surface area contributed by atoms with Gasteiger partial charge < -0.3 is 31.7 Å². The maximum absolute atomic E-state index is 12.3. The first-order valence-electron chi connectivity index (χ1n) is 12.8. The Morgan fingerprint density at radius 1 is 1.00 bits per heavy atom. The highest BCUT2D eigenvalue weighted by atomic mass is 16.6. The molecule has 1 unspecified atom stereocenters. The molecule has 0 aromatic heterocycles. The van der Waals surface area contributed by atoms with Gasteiger partial charge in [-0.3, -0.25) is 24.0 Å². The molecule has 7 N–H and O–H groups in total. The van der Waals surface area contributed by atoms with Crippen molar-refractivity contribution in [1.82, 2.24) is 21.4 Å². The molecule has 0 aliphatic carbocycles. The van der Waals surface area contributed by atoms with Gasteiger partial charge in [0.15, 0.2) is 0 Å². The molecule has 0 radical (unpaired) electrons. The van der Waals surface area contributed by atoms with Crippen molar-refractivity contribution in [2.75, 3.05) is 32.1 Å². The number of rotatable bonds is 14. The van der Waals surface area contributed by atoms with Gasteiger partial charge >= 0.3 is 12.0 Å². The second-order valence-corrected chi connectivity index (χ2v) is 9.11. The Bertz CT molecular complexity index is 953. The third-order valence-electron chi connectivity index (χ3n) is 5.02. The molecule has 220 valence electrons. The zero-order chi connectivity index (χ0) is 30.0. The van der Waals surface area contributed by atoms with Crippen LogP contribution in [-0.4, -0.2) is 62.5 Å². The van der Waals surface area contributed by atoms with E-state index < -0.39 is 29.9 Å². The molecule has 5 amide bonds. The number of esters is 1. The number of carbonyl (C=O) groups excluding carboxylic acids is 5. The van der Waals surface area contributed by atoms with Crippen molar-refractivity contribution in [2.45, 2.75) is 60.6 Å². The van der Waals surface area contributed by atoms with Crippen LogP contribution < -0.4 is 32.5 Å². The Hall–Kier alpha value is -3.71. The predicted molar refractivity (Wildman–Crippen MR) is 147 cm³/mol. The van der Waals surface area contributed by atoms with Gasteiger partial charge in [0.1, 0.15) is 6.61 Å². The minimum Gasteiger partial charge on any atom is -0.461 e. The van der Waals surface area contributed by atoms with Gasteiger partial charge in [-0.25, -0.2) is 10.3 Å². The standard InChI is InChI=1S/C22H34N4O6.C4H10N2O/c1-7-23-19(13(2)3)21(29)24-11-18(27)25-16-9-8-15(12-32-22(30)14(4)5)17(10-16)20(28)26-31-6;1-2-3-6-4(5)7/h8-10,13-14,19,23H,7,11-12H2,1-6H3,(H,24,29)(H,25,27)(H,26,28);2-3H2,1H3,(H3,5,6,7). The first-order chi connectivity index (χ1) is 18.4. The minimum atomic E-state index is -0.557. The Morgan fingerprint density at radius 3 is 2.15 bits per heavy atom. The molecule has 0 aliphatic rings. The lowest BCUT2D eigenvalue weighted by atomic mass is 10.0. The number of ether oxygens (including phenoxy) is 1. The predicted octanol–water partition coefficient (Wildman–Crippen LogP) is 1.43. The smallest absolute Gasteiger partial charge is 0.312 e. The molecule has 1 atom stereocenters. The topological polar surface area (TPSA) is 190 Å². The fourth-order valence-corrected chi connectivity index (χ4v) is 3.04. The fourth-order valence-electron chi connectivity index (χ4n) is 3.04. The lowest BCUT2D eigenvalue weighted by Crippen LogP contribution is -2.49. The highest BCUT2D eigenvalue weighted by molar-refractivity contribution is 5.99. The molecule has 0 fully saturated rings. The maximum atomic E-state index is 12.3. The van der Waals surface area contributed by atoms with Gasteiger partial charge in [-0.2, -0.15) is 0 Å². The molecule has 0 spiro atoms. The summed E-state index contributed by atoms with van der Waals surface area (Å²) in [7, 11) is 1.29. The highest BCUT2D eigenvalue weighted by Crippen LogP contribution is 2.18. The molecular formula is C26H44N6O7. The van der Waals surface area contributed by atoms with Crippen LogP contribution in [-0.2, 0) is 30.6 Å². The lowest BCUT2D eigenvalue weighted by Gasteiger charge is -2.20. The van der Waals surface area contributed by atoms with Gasteiger partial charge in [-0.05, 0) is 31.0 Å². The molecule has 0 heterocycles. The zero-order valence-electron chi connectivity index (χ0n) is 23.9. The number of carbonyl (C=O) groups is 5. The second-order valence-electron chi connectivity index (χ2n) is 9.11. The third-order valence-corrected chi connectivity index (χ3v) is 5.02. The van der Waals surface area contributed by atoms with E-state index in [1.54, 1.807) is 26.0 Å². The highest BCUT2D eigenvalue weighted by Gasteiger charge is 2.21. The van der Waals surface area contributed by atoms with Crippen LogP contribution in [0.2, 0.25) is 0 Å². The van der Waals surface area contributed by atoms with Crippen LogP contribution in [0.5, 0.6) is 0 Å². The van der Waals surface area contributed by atoms with Crippen molar-refractivity contribution in [1.29, 1.82) is 0 Å². The SMILES string of the molecule is CCCNC(N)=O.CCNC(C(=O)NCC(=O)Nc1ccc(COC(=O)C(C)C)c(C(=O)NOC)c1)C(C)C. The fraction of sp³-hybridized carbons (Fsp3) is 0.577. The van der Waals surface area contributed by atoms with Crippen LogP contribution in [0.1, 0.15) is 63.9 Å². The summed E-state index contributed by atoms with van der Waals surface area (Å²) in [6, 6.07) is 3.76. The van der Waals surface area contributed by atoms with Gasteiger partial charge in [0.05, 0.1) is 31.2 Å². The molecule has 13 nitrogen and oxygen atoms in total. The molecule has 0 bridgehead atoms. The van der Waals surface area contributed by atoms with Crippen molar-refractivity contribution in [3.63, 3.8) is 0 Å². The second kappa shape index (κ2) is 19.4. The van der Waals surface area contributed by atoms with Crippen LogP contribution >= 0.6 is 0 Å². The van der Waals surface area contributed by atoms with Crippen LogP contribution in [0.3, 0.4) is 0 Å². The Kier molecular flexibility index (Phi) is 17.5. The van der Waals surface area contributed by atoms with Crippen LogP contribution in [0, 0.1) is 11.8 Å². The number of anilines is 1. The van der Waals surface area contributed by atoms with Crippen LogP contribution in [0.15, 0.2) is 18.2 Å². The number of urea groups is 1. The summed E-state index contributed by atoms with van der Waals surface area (Å²) in [5.41, 5.74) is 7.91. The summed E-state index contributed by atoms with van der Waals surface area (Å²) < 4.78 is 5.21. The number of nitrogens with one attached hydrogen (secondary N) is 5. The summed E-state index contributed by atoms with van der Waals surface area (Å²) in [4.78, 5) is 63.3. The largest absolute Gasteiger partial charge is 0.461 e. The first-order valence-corrected chi connectivity index (χ1v) is 12.8. The average molecular weight is 553 g/mol. The molecule has 1 aromatic carbocycles. The van der Waals surface area contributed by atoms with Crippen molar-refractivity contribution in [2.24, 2.45) is 17.6 Å². The summed E-state index contributed by atoms with van der Waals surface area (Å²) in [6.45, 7) is 12.1. The van der Waals surface area contributed by atoms with E-state index in [4.69, 9.17) is 10.5 Å². The van der Waals surface area contributed by atoms with Crippen molar-refractivity contribution in [3.8, 4) is 0 Å². The molecular weight excluding hydrogens is 508 g/mol. The van der Waals surface area contributed by atoms with E-state index >= 15 is 0 Å². The van der Waals surface area contributed by atoms with E-state index in [9.17, 15) is 24.0 Å². The Labute approximate surface area is 230 Å². The van der Waals surface area contributed by atoms with E-state index in [0.29, 0.717) is 24.3 Å². The average Bonchev–Trinajstić information content (AvgIpc) is 2.88. The number of hydroxylamine groups is 1. The number of nitrogens with two attached hydrogens (primary N) is 1. The van der Waals surface area contributed by atoms with Crippen molar-refractivity contribution in [3.05, 3.63) is 29.3 Å². The summed E-state index contributed by atoms with van der Waals surface area (Å²) in [6.07, 6.45) is 0.933. The molecule has 1 aromatic rings. The van der Waals surface area contributed by atoms with E-state index in [1.165, 1.54) is 13.2 Å². The summed E-state index contributed by atoms with van der Waals surface area (Å²) in [5.74, 6) is -1.90. The van der Waals surface area contributed by atoms with Crippen molar-refractivity contribution >= 4 is 35.4 Å². The number of likely N-dealkylation sites (N-methyl/N-ethyl adjacent to an activating group) is 1. The van der Waals surface area contributed by atoms with Gasteiger partial charge in [0.25, 0.3) is 5.91 Å². The van der Waals surface area contributed by atoms with Gasteiger partial charge in [-0.15, -0.1) is 0 Å².